The predicted octanol–water partition coefficient (Wildman–Crippen LogP) is 1.97. The minimum absolute atomic E-state index is 0. The molecule has 5 heteroatoms. The van der Waals surface area contributed by atoms with Gasteiger partial charge in [-0.3, -0.25) is 4.79 Å². The molecule has 1 unspecified atom stereocenters. The minimum Gasteiger partial charge on any atom is -0.377 e. The minimum atomic E-state index is 0. The molecular formula is C14H27ClN2O2. The van der Waals surface area contributed by atoms with E-state index in [-0.39, 0.29) is 18.3 Å². The van der Waals surface area contributed by atoms with Crippen molar-refractivity contribution in [1.82, 2.24) is 10.2 Å². The third-order valence-corrected chi connectivity index (χ3v) is 3.88. The van der Waals surface area contributed by atoms with E-state index in [4.69, 9.17) is 4.74 Å². The lowest BCUT2D eigenvalue weighted by Gasteiger charge is -2.25. The number of hydrogen-bond acceptors (Lipinski definition) is 3. The summed E-state index contributed by atoms with van der Waals surface area (Å²) in [6.45, 7) is 4.06. The van der Waals surface area contributed by atoms with Gasteiger partial charge < -0.3 is 15.0 Å². The largest absolute Gasteiger partial charge is 0.377 e. The number of amides is 1. The summed E-state index contributed by atoms with van der Waals surface area (Å²) in [5.41, 5.74) is 0. The van der Waals surface area contributed by atoms with Gasteiger partial charge in [0.2, 0.25) is 5.91 Å². The highest BCUT2D eigenvalue weighted by molar-refractivity contribution is 5.85. The second-order valence-corrected chi connectivity index (χ2v) is 5.41. The van der Waals surface area contributed by atoms with Gasteiger partial charge in [-0.2, -0.15) is 0 Å². The quantitative estimate of drug-likeness (QED) is 0.861. The summed E-state index contributed by atoms with van der Waals surface area (Å²) in [5.74, 6) is 0.259. The third-order valence-electron chi connectivity index (χ3n) is 3.88. The first-order chi connectivity index (χ1) is 8.86. The van der Waals surface area contributed by atoms with Gasteiger partial charge in [-0.15, -0.1) is 12.4 Å². The van der Waals surface area contributed by atoms with Gasteiger partial charge in [0.05, 0.1) is 12.6 Å². The van der Waals surface area contributed by atoms with Gasteiger partial charge in [-0.05, 0) is 25.7 Å². The normalized spacial score (nSPS) is 24.4. The molecule has 2 aliphatic rings. The SMILES string of the molecule is Cl.O=C(CNCC1CCCO1)N1CCCCCCC1. The van der Waals surface area contributed by atoms with Crippen LogP contribution in [0.1, 0.15) is 44.9 Å². The molecule has 0 spiro atoms. The number of rotatable bonds is 4. The Balaban J connectivity index is 0.00000180. The lowest BCUT2D eigenvalue weighted by atomic mass is 10.1. The Labute approximate surface area is 122 Å². The number of nitrogens with zero attached hydrogens (tertiary/aromatic N) is 1. The molecule has 2 heterocycles. The van der Waals surface area contributed by atoms with Gasteiger partial charge in [-0.1, -0.05) is 19.3 Å². The van der Waals surface area contributed by atoms with Crippen molar-refractivity contribution in [3.8, 4) is 0 Å². The van der Waals surface area contributed by atoms with Crippen molar-refractivity contribution < 1.29 is 9.53 Å². The molecule has 112 valence electrons. The smallest absolute Gasteiger partial charge is 0.236 e. The number of carbonyl (C=O) groups is 1. The Hall–Kier alpha value is -0.320. The van der Waals surface area contributed by atoms with E-state index in [0.29, 0.717) is 12.6 Å². The van der Waals surface area contributed by atoms with Crippen molar-refractivity contribution in [1.29, 1.82) is 0 Å². The Morgan fingerprint density at radius 2 is 1.79 bits per heavy atom. The van der Waals surface area contributed by atoms with Crippen LogP contribution >= 0.6 is 12.4 Å². The van der Waals surface area contributed by atoms with Crippen LogP contribution in [0.25, 0.3) is 0 Å². The van der Waals surface area contributed by atoms with Crippen molar-refractivity contribution in [3.63, 3.8) is 0 Å². The first-order valence-electron chi connectivity index (χ1n) is 7.46. The maximum atomic E-state index is 12.1. The number of hydrogen-bond donors (Lipinski definition) is 1. The van der Waals surface area contributed by atoms with Gasteiger partial charge in [0, 0.05) is 26.2 Å². The lowest BCUT2D eigenvalue weighted by Crippen LogP contribution is -2.41. The summed E-state index contributed by atoms with van der Waals surface area (Å²) in [5, 5.41) is 3.24. The van der Waals surface area contributed by atoms with Crippen molar-refractivity contribution >= 4 is 18.3 Å². The maximum absolute atomic E-state index is 12.1. The summed E-state index contributed by atoms with van der Waals surface area (Å²) in [6, 6.07) is 0. The van der Waals surface area contributed by atoms with E-state index in [9.17, 15) is 4.79 Å². The third kappa shape index (κ3) is 6.11. The number of carbonyl (C=O) groups excluding carboxylic acids is 1. The fraction of sp³-hybridized carbons (Fsp3) is 0.929. The van der Waals surface area contributed by atoms with Crippen LogP contribution in [0.2, 0.25) is 0 Å². The first kappa shape index (κ1) is 16.7. The first-order valence-corrected chi connectivity index (χ1v) is 7.46. The second-order valence-electron chi connectivity index (χ2n) is 5.41. The van der Waals surface area contributed by atoms with Crippen molar-refractivity contribution in [2.24, 2.45) is 0 Å². The molecule has 0 aliphatic carbocycles. The molecule has 0 aromatic carbocycles. The molecule has 0 bridgehead atoms. The molecule has 1 amide bonds. The zero-order valence-corrected chi connectivity index (χ0v) is 12.6. The van der Waals surface area contributed by atoms with Crippen LogP contribution in [-0.4, -0.2) is 49.7 Å². The van der Waals surface area contributed by atoms with Crippen molar-refractivity contribution in [3.05, 3.63) is 0 Å². The Morgan fingerprint density at radius 1 is 1.11 bits per heavy atom. The number of ether oxygens (including phenoxy) is 1. The molecule has 4 nitrogen and oxygen atoms in total. The second kappa shape index (κ2) is 9.56. The van der Waals surface area contributed by atoms with Crippen LogP contribution in [0.5, 0.6) is 0 Å². The fourth-order valence-electron chi connectivity index (χ4n) is 2.75. The Kier molecular flexibility index (Phi) is 8.42. The number of nitrogens with one attached hydrogen (secondary N) is 1. The van der Waals surface area contributed by atoms with Crippen LogP contribution in [0.4, 0.5) is 0 Å². The number of likely N-dealkylation sites (tertiary alicyclic amines) is 1. The van der Waals surface area contributed by atoms with Gasteiger partial charge in [-0.25, -0.2) is 0 Å². The summed E-state index contributed by atoms with van der Waals surface area (Å²) in [4.78, 5) is 14.1. The molecule has 2 saturated heterocycles. The van der Waals surface area contributed by atoms with Crippen LogP contribution in [0, 0.1) is 0 Å². The van der Waals surface area contributed by atoms with Crippen LogP contribution in [0.15, 0.2) is 0 Å². The summed E-state index contributed by atoms with van der Waals surface area (Å²) in [7, 11) is 0. The van der Waals surface area contributed by atoms with Gasteiger partial charge in [0.1, 0.15) is 0 Å². The van der Waals surface area contributed by atoms with Gasteiger partial charge in [0.15, 0.2) is 0 Å². The summed E-state index contributed by atoms with van der Waals surface area (Å²) >= 11 is 0. The average Bonchev–Trinajstić information content (AvgIpc) is 2.81. The zero-order chi connectivity index (χ0) is 12.6. The molecule has 0 radical (unpaired) electrons. The highest BCUT2D eigenvalue weighted by Gasteiger charge is 2.17. The average molecular weight is 291 g/mol. The van der Waals surface area contributed by atoms with E-state index in [1.807, 2.05) is 4.90 Å². The molecule has 19 heavy (non-hydrogen) atoms. The molecule has 0 aromatic heterocycles. The maximum Gasteiger partial charge on any atom is 0.236 e. The van der Waals surface area contributed by atoms with Crippen LogP contribution in [0.3, 0.4) is 0 Å². The van der Waals surface area contributed by atoms with E-state index >= 15 is 0 Å². The van der Waals surface area contributed by atoms with E-state index < -0.39 is 0 Å². The van der Waals surface area contributed by atoms with Crippen LogP contribution < -0.4 is 5.32 Å². The molecular weight excluding hydrogens is 264 g/mol. The molecule has 2 fully saturated rings. The van der Waals surface area contributed by atoms with E-state index in [1.165, 1.54) is 19.3 Å². The summed E-state index contributed by atoms with van der Waals surface area (Å²) < 4.78 is 5.53. The highest BCUT2D eigenvalue weighted by Crippen LogP contribution is 2.11. The lowest BCUT2D eigenvalue weighted by molar-refractivity contribution is -0.130. The molecule has 2 rings (SSSR count). The molecule has 0 aromatic rings. The molecule has 1 N–H and O–H groups in total. The van der Waals surface area contributed by atoms with Crippen LogP contribution in [-0.2, 0) is 9.53 Å². The topological polar surface area (TPSA) is 41.6 Å². The number of halogens is 1. The van der Waals surface area contributed by atoms with Crippen molar-refractivity contribution in [2.75, 3.05) is 32.8 Å². The van der Waals surface area contributed by atoms with Gasteiger partial charge in [0.25, 0.3) is 0 Å². The predicted molar refractivity (Wildman–Crippen MR) is 78.8 cm³/mol. The zero-order valence-electron chi connectivity index (χ0n) is 11.7. The van der Waals surface area contributed by atoms with Gasteiger partial charge >= 0.3 is 0 Å². The Bertz CT molecular complexity index is 250. The Morgan fingerprint density at radius 3 is 2.42 bits per heavy atom. The highest BCUT2D eigenvalue weighted by atomic mass is 35.5. The summed E-state index contributed by atoms with van der Waals surface area (Å²) in [6.07, 6.45) is 8.82. The fourth-order valence-corrected chi connectivity index (χ4v) is 2.75. The van der Waals surface area contributed by atoms with E-state index in [1.54, 1.807) is 0 Å². The van der Waals surface area contributed by atoms with E-state index in [2.05, 4.69) is 5.32 Å². The molecule has 0 saturated carbocycles. The van der Waals surface area contributed by atoms with Crippen molar-refractivity contribution in [2.45, 2.75) is 51.0 Å². The monoisotopic (exact) mass is 290 g/mol. The molecule has 1 atom stereocenters. The van der Waals surface area contributed by atoms with E-state index in [0.717, 1.165) is 51.9 Å². The standard InChI is InChI=1S/C14H26N2O2.ClH/c17-14(12-15-11-13-7-6-10-18-13)16-8-4-2-1-3-5-9-16;/h13,15H,1-12H2;1H. The molecule has 2 aliphatic heterocycles.